The molecule has 1 unspecified atom stereocenters. The van der Waals surface area contributed by atoms with E-state index in [9.17, 15) is 0 Å². The van der Waals surface area contributed by atoms with Gasteiger partial charge in [0.05, 0.1) is 6.10 Å². The summed E-state index contributed by atoms with van der Waals surface area (Å²) in [6, 6.07) is 0. The van der Waals surface area contributed by atoms with Crippen molar-refractivity contribution >= 4 is 0 Å². The first-order valence-corrected chi connectivity index (χ1v) is 3.17. The lowest BCUT2D eigenvalue weighted by atomic mass is 10.2. The van der Waals surface area contributed by atoms with Crippen molar-refractivity contribution in [1.82, 2.24) is 0 Å². The topological polar surface area (TPSA) is 20.2 Å². The molecule has 0 spiro atoms. The third-order valence-corrected chi connectivity index (χ3v) is 1.74. The number of hydrogen-bond donors (Lipinski definition) is 1. The van der Waals surface area contributed by atoms with Gasteiger partial charge < -0.3 is 5.11 Å². The van der Waals surface area contributed by atoms with E-state index < -0.39 is 0 Å². The van der Waals surface area contributed by atoms with Gasteiger partial charge in [-0.1, -0.05) is 6.08 Å². The average molecular weight is 112 g/mol. The van der Waals surface area contributed by atoms with Gasteiger partial charge in [-0.25, -0.2) is 0 Å². The van der Waals surface area contributed by atoms with Crippen LogP contribution in [-0.2, 0) is 0 Å². The van der Waals surface area contributed by atoms with E-state index in [-0.39, 0.29) is 6.10 Å². The van der Waals surface area contributed by atoms with Crippen LogP contribution in [0.4, 0.5) is 0 Å². The molecule has 1 saturated carbocycles. The molecule has 0 aromatic rings. The maximum absolute atomic E-state index is 9.12. The maximum Gasteiger partial charge on any atom is 0.0750 e. The second kappa shape index (κ2) is 2.31. The molecule has 1 rings (SSSR count). The fraction of sp³-hybridized carbons (Fsp3) is 0.714. The van der Waals surface area contributed by atoms with Gasteiger partial charge in [0.15, 0.2) is 0 Å². The van der Waals surface area contributed by atoms with Crippen LogP contribution in [0.2, 0.25) is 0 Å². The summed E-state index contributed by atoms with van der Waals surface area (Å²) in [5.41, 5.74) is 1.23. The molecule has 0 saturated heterocycles. The van der Waals surface area contributed by atoms with Gasteiger partial charge in [-0.2, -0.15) is 0 Å². The van der Waals surface area contributed by atoms with Gasteiger partial charge in [-0.3, -0.25) is 0 Å². The van der Waals surface area contributed by atoms with Crippen LogP contribution in [0, 0.1) is 0 Å². The summed E-state index contributed by atoms with van der Waals surface area (Å²) in [7, 11) is 0. The Balaban J connectivity index is 2.55. The van der Waals surface area contributed by atoms with Crippen molar-refractivity contribution in [3.63, 3.8) is 0 Å². The van der Waals surface area contributed by atoms with Crippen molar-refractivity contribution in [2.24, 2.45) is 0 Å². The van der Waals surface area contributed by atoms with Crippen LogP contribution in [0.5, 0.6) is 0 Å². The molecule has 1 aliphatic rings. The molecule has 0 aliphatic heterocycles. The Hall–Kier alpha value is -0.300. The predicted octanol–water partition coefficient (Wildman–Crippen LogP) is 1.48. The monoisotopic (exact) mass is 112 g/mol. The number of allylic oxidation sites excluding steroid dienone is 1. The van der Waals surface area contributed by atoms with Crippen molar-refractivity contribution < 1.29 is 5.11 Å². The van der Waals surface area contributed by atoms with E-state index in [1.165, 1.54) is 12.0 Å². The lowest BCUT2D eigenvalue weighted by Gasteiger charge is -1.99. The van der Waals surface area contributed by atoms with Crippen LogP contribution in [0.1, 0.15) is 26.2 Å². The van der Waals surface area contributed by atoms with E-state index in [0.29, 0.717) is 0 Å². The molecule has 0 radical (unpaired) electrons. The third-order valence-electron chi connectivity index (χ3n) is 1.74. The lowest BCUT2D eigenvalue weighted by molar-refractivity contribution is 0.218. The second-order valence-corrected chi connectivity index (χ2v) is 2.27. The summed E-state index contributed by atoms with van der Waals surface area (Å²) in [5.74, 6) is 0. The van der Waals surface area contributed by atoms with Gasteiger partial charge >= 0.3 is 0 Å². The Morgan fingerprint density at radius 2 is 2.50 bits per heavy atom. The average Bonchev–Trinajstić information content (AvgIpc) is 2.14. The molecule has 0 amide bonds. The quantitative estimate of drug-likeness (QED) is 0.470. The molecular weight excluding hydrogens is 100 g/mol. The molecule has 0 bridgehead atoms. The summed E-state index contributed by atoms with van der Waals surface area (Å²) in [5, 5.41) is 9.12. The van der Waals surface area contributed by atoms with Gasteiger partial charge in [0.25, 0.3) is 0 Å². The fourth-order valence-corrected chi connectivity index (χ4v) is 1.19. The minimum Gasteiger partial charge on any atom is -0.389 e. The summed E-state index contributed by atoms with van der Waals surface area (Å²) < 4.78 is 0. The molecule has 46 valence electrons. The Labute approximate surface area is 50.0 Å². The second-order valence-electron chi connectivity index (χ2n) is 2.27. The van der Waals surface area contributed by atoms with E-state index in [1.54, 1.807) is 0 Å². The minimum absolute atomic E-state index is 0.111. The van der Waals surface area contributed by atoms with E-state index in [1.807, 2.05) is 13.0 Å². The molecule has 8 heavy (non-hydrogen) atoms. The number of aliphatic hydroxyl groups is 1. The standard InChI is InChI=1S/C7H12O/c1-2-6-4-3-5-7(6)8/h2,7-8H,3-5H2,1H3. The molecule has 1 heteroatoms. The van der Waals surface area contributed by atoms with Crippen molar-refractivity contribution in [3.05, 3.63) is 11.6 Å². The first-order chi connectivity index (χ1) is 3.84. The zero-order valence-electron chi connectivity index (χ0n) is 5.22. The largest absolute Gasteiger partial charge is 0.389 e. The highest BCUT2D eigenvalue weighted by atomic mass is 16.3. The maximum atomic E-state index is 9.12. The van der Waals surface area contributed by atoms with Crippen molar-refractivity contribution in [2.45, 2.75) is 32.3 Å². The molecule has 1 N–H and O–H groups in total. The highest BCUT2D eigenvalue weighted by Gasteiger charge is 2.15. The Morgan fingerprint density at radius 1 is 1.75 bits per heavy atom. The van der Waals surface area contributed by atoms with Crippen molar-refractivity contribution in [2.75, 3.05) is 0 Å². The van der Waals surface area contributed by atoms with Crippen molar-refractivity contribution in [1.29, 1.82) is 0 Å². The van der Waals surface area contributed by atoms with Crippen LogP contribution in [-0.4, -0.2) is 11.2 Å². The minimum atomic E-state index is -0.111. The summed E-state index contributed by atoms with van der Waals surface area (Å²) in [6.07, 6.45) is 5.16. The van der Waals surface area contributed by atoms with Crippen LogP contribution in [0.3, 0.4) is 0 Å². The zero-order valence-corrected chi connectivity index (χ0v) is 5.22. The first-order valence-electron chi connectivity index (χ1n) is 3.17. The number of rotatable bonds is 0. The van der Waals surface area contributed by atoms with Gasteiger partial charge in [0, 0.05) is 0 Å². The molecule has 1 fully saturated rings. The number of hydrogen-bond acceptors (Lipinski definition) is 1. The Morgan fingerprint density at radius 3 is 2.75 bits per heavy atom. The van der Waals surface area contributed by atoms with Crippen molar-refractivity contribution in [3.8, 4) is 0 Å². The molecule has 0 aromatic carbocycles. The summed E-state index contributed by atoms with van der Waals surface area (Å²) in [6.45, 7) is 1.99. The van der Waals surface area contributed by atoms with Crippen LogP contribution < -0.4 is 0 Å². The van der Waals surface area contributed by atoms with E-state index in [2.05, 4.69) is 0 Å². The van der Waals surface area contributed by atoms with Gasteiger partial charge in [0.1, 0.15) is 0 Å². The van der Waals surface area contributed by atoms with Crippen LogP contribution in [0.25, 0.3) is 0 Å². The zero-order chi connectivity index (χ0) is 5.98. The van der Waals surface area contributed by atoms with E-state index >= 15 is 0 Å². The molecule has 0 heterocycles. The van der Waals surface area contributed by atoms with Crippen LogP contribution >= 0.6 is 0 Å². The van der Waals surface area contributed by atoms with Crippen LogP contribution in [0.15, 0.2) is 11.6 Å². The molecule has 1 aliphatic carbocycles. The number of aliphatic hydroxyl groups excluding tert-OH is 1. The molecule has 1 atom stereocenters. The lowest BCUT2D eigenvalue weighted by Crippen LogP contribution is -1.99. The first kappa shape index (κ1) is 5.83. The van der Waals surface area contributed by atoms with Gasteiger partial charge in [-0.15, -0.1) is 0 Å². The fourth-order valence-electron chi connectivity index (χ4n) is 1.19. The van der Waals surface area contributed by atoms with Gasteiger partial charge in [-0.05, 0) is 31.8 Å². The Bertz CT molecular complexity index is 105. The highest BCUT2D eigenvalue weighted by molar-refractivity contribution is 5.10. The SMILES string of the molecule is CC=C1CCCC1O. The third kappa shape index (κ3) is 0.920. The highest BCUT2D eigenvalue weighted by Crippen LogP contribution is 2.23. The molecule has 0 aromatic heterocycles. The smallest absolute Gasteiger partial charge is 0.0750 e. The van der Waals surface area contributed by atoms with E-state index in [0.717, 1.165) is 12.8 Å². The summed E-state index contributed by atoms with van der Waals surface area (Å²) >= 11 is 0. The molecule has 1 nitrogen and oxygen atoms in total. The predicted molar refractivity (Wildman–Crippen MR) is 33.6 cm³/mol. The van der Waals surface area contributed by atoms with E-state index in [4.69, 9.17) is 5.11 Å². The Kier molecular flexibility index (Phi) is 1.69. The summed E-state index contributed by atoms with van der Waals surface area (Å²) in [4.78, 5) is 0. The normalized spacial score (nSPS) is 34.2. The molecular formula is C7H12O. The van der Waals surface area contributed by atoms with Gasteiger partial charge in [0.2, 0.25) is 0 Å².